The third-order valence-electron chi connectivity index (χ3n) is 3.06. The number of phenolic OH excluding ortho intramolecular Hbond substituents is 1. The molecule has 0 bridgehead atoms. The summed E-state index contributed by atoms with van der Waals surface area (Å²) in [7, 11) is 1.43. The topological polar surface area (TPSA) is 82.3 Å². The van der Waals surface area contributed by atoms with Crippen LogP contribution in [0.3, 0.4) is 0 Å². The van der Waals surface area contributed by atoms with E-state index in [1.807, 2.05) is 6.07 Å². The summed E-state index contributed by atoms with van der Waals surface area (Å²) in [6, 6.07) is 11.6. The largest absolute Gasteiger partial charge is 0.504 e. The first-order valence-corrected chi connectivity index (χ1v) is 8.15. The van der Waals surface area contributed by atoms with E-state index in [1.165, 1.54) is 13.2 Å². The van der Waals surface area contributed by atoms with Gasteiger partial charge in [0.15, 0.2) is 11.5 Å². The van der Waals surface area contributed by atoms with Crippen LogP contribution in [0.15, 0.2) is 42.0 Å². The van der Waals surface area contributed by atoms with E-state index in [0.717, 1.165) is 3.57 Å². The Labute approximate surface area is 157 Å². The predicted octanol–water partition coefficient (Wildman–Crippen LogP) is 4.20. The van der Waals surface area contributed by atoms with Gasteiger partial charge in [-0.1, -0.05) is 11.6 Å². The van der Waals surface area contributed by atoms with Gasteiger partial charge < -0.3 is 15.2 Å². The molecular weight excluding hydrogens is 443 g/mol. The molecule has 0 saturated carbocycles. The minimum atomic E-state index is -0.586. The minimum absolute atomic E-state index is 0.134. The molecule has 24 heavy (non-hydrogen) atoms. The van der Waals surface area contributed by atoms with Crippen LogP contribution in [0.1, 0.15) is 5.56 Å². The summed E-state index contributed by atoms with van der Waals surface area (Å²) in [6.07, 6.45) is 1.31. The zero-order chi connectivity index (χ0) is 17.7. The van der Waals surface area contributed by atoms with Crippen molar-refractivity contribution in [3.05, 3.63) is 56.1 Å². The molecule has 0 unspecified atom stereocenters. The molecular formula is C17H12ClIN2O3. The maximum atomic E-state index is 12.2. The van der Waals surface area contributed by atoms with Gasteiger partial charge in [0.05, 0.1) is 7.11 Å². The Morgan fingerprint density at radius 2 is 2.04 bits per heavy atom. The van der Waals surface area contributed by atoms with Crippen molar-refractivity contribution in [2.75, 3.05) is 12.4 Å². The maximum Gasteiger partial charge on any atom is 0.266 e. The number of benzene rings is 2. The van der Waals surface area contributed by atoms with Crippen molar-refractivity contribution >= 4 is 51.9 Å². The molecule has 2 rings (SSSR count). The number of hydrogen-bond acceptors (Lipinski definition) is 4. The van der Waals surface area contributed by atoms with Gasteiger partial charge in [-0.2, -0.15) is 5.26 Å². The number of nitriles is 1. The zero-order valence-corrected chi connectivity index (χ0v) is 15.4. The summed E-state index contributed by atoms with van der Waals surface area (Å²) < 4.78 is 5.86. The first-order valence-electron chi connectivity index (χ1n) is 6.70. The number of aromatic hydroxyl groups is 1. The molecule has 5 nitrogen and oxygen atoms in total. The monoisotopic (exact) mass is 454 g/mol. The molecule has 122 valence electrons. The van der Waals surface area contributed by atoms with E-state index in [4.69, 9.17) is 16.3 Å². The summed E-state index contributed by atoms with van der Waals surface area (Å²) in [6.45, 7) is 0. The Morgan fingerprint density at radius 1 is 1.38 bits per heavy atom. The molecule has 0 aliphatic heterocycles. The lowest BCUT2D eigenvalue weighted by Gasteiger charge is -2.08. The standard InChI is InChI=1S/C17H12ClIN2O3/c1-24-15-8-13(19)7-10(16(15)22)6-11(9-20)17(23)21-14-4-2-12(18)3-5-14/h2-8,22H,1H3,(H,21,23)/b11-6-. The van der Waals surface area contributed by atoms with Crippen LogP contribution >= 0.6 is 34.2 Å². The van der Waals surface area contributed by atoms with Crippen molar-refractivity contribution in [2.24, 2.45) is 0 Å². The quantitative estimate of drug-likeness (QED) is 0.412. The van der Waals surface area contributed by atoms with Gasteiger partial charge in [-0.15, -0.1) is 0 Å². The van der Waals surface area contributed by atoms with Crippen LogP contribution in [0.4, 0.5) is 5.69 Å². The lowest BCUT2D eigenvalue weighted by Crippen LogP contribution is -2.13. The number of anilines is 1. The molecule has 0 radical (unpaired) electrons. The maximum absolute atomic E-state index is 12.2. The number of ether oxygens (including phenoxy) is 1. The highest BCUT2D eigenvalue weighted by molar-refractivity contribution is 14.1. The highest BCUT2D eigenvalue weighted by Crippen LogP contribution is 2.33. The summed E-state index contributed by atoms with van der Waals surface area (Å²) in [5.41, 5.74) is 0.681. The normalized spacial score (nSPS) is 10.8. The molecule has 2 aromatic rings. The fourth-order valence-electron chi connectivity index (χ4n) is 1.90. The van der Waals surface area contributed by atoms with Gasteiger partial charge in [0.25, 0.3) is 5.91 Å². The summed E-state index contributed by atoms with van der Waals surface area (Å²) >= 11 is 7.84. The smallest absolute Gasteiger partial charge is 0.266 e. The number of rotatable bonds is 4. The van der Waals surface area contributed by atoms with Gasteiger partial charge in [0.2, 0.25) is 0 Å². The molecule has 0 fully saturated rings. The molecule has 0 aliphatic rings. The number of nitrogens with zero attached hydrogens (tertiary/aromatic N) is 1. The van der Waals surface area contributed by atoms with Crippen LogP contribution in [0, 0.1) is 14.9 Å². The van der Waals surface area contributed by atoms with Crippen LogP contribution in [0.2, 0.25) is 5.02 Å². The van der Waals surface area contributed by atoms with E-state index in [1.54, 1.807) is 36.4 Å². The summed E-state index contributed by atoms with van der Waals surface area (Å²) in [5.74, 6) is -0.453. The highest BCUT2D eigenvalue weighted by Gasteiger charge is 2.13. The highest BCUT2D eigenvalue weighted by atomic mass is 127. The Kier molecular flexibility index (Phi) is 6.06. The number of carbonyl (C=O) groups is 1. The van der Waals surface area contributed by atoms with E-state index in [0.29, 0.717) is 16.3 Å². The number of hydrogen-bond donors (Lipinski definition) is 2. The second-order valence-electron chi connectivity index (χ2n) is 4.68. The van der Waals surface area contributed by atoms with Crippen molar-refractivity contribution in [1.82, 2.24) is 0 Å². The number of nitrogens with one attached hydrogen (secondary N) is 1. The third kappa shape index (κ3) is 4.40. The molecule has 1 amide bonds. The van der Waals surface area contributed by atoms with Gasteiger partial charge in [-0.05, 0) is 65.1 Å². The van der Waals surface area contributed by atoms with Crippen LogP contribution in [0.25, 0.3) is 6.08 Å². The van der Waals surface area contributed by atoms with E-state index in [-0.39, 0.29) is 17.1 Å². The molecule has 2 aromatic carbocycles. The Balaban J connectivity index is 2.32. The van der Waals surface area contributed by atoms with Gasteiger partial charge in [0, 0.05) is 19.8 Å². The van der Waals surface area contributed by atoms with Crippen molar-refractivity contribution in [3.8, 4) is 17.6 Å². The van der Waals surface area contributed by atoms with Crippen LogP contribution < -0.4 is 10.1 Å². The second kappa shape index (κ2) is 8.04. The lowest BCUT2D eigenvalue weighted by molar-refractivity contribution is -0.112. The molecule has 0 heterocycles. The number of halogens is 2. The predicted molar refractivity (Wildman–Crippen MR) is 101 cm³/mol. The molecule has 0 saturated heterocycles. The van der Waals surface area contributed by atoms with Crippen molar-refractivity contribution in [1.29, 1.82) is 5.26 Å². The average Bonchev–Trinajstić information content (AvgIpc) is 2.57. The molecule has 7 heteroatoms. The number of amides is 1. The molecule has 0 aromatic heterocycles. The first-order chi connectivity index (χ1) is 11.4. The van der Waals surface area contributed by atoms with E-state index in [2.05, 4.69) is 27.9 Å². The SMILES string of the molecule is COc1cc(I)cc(/C=C(/C#N)C(=O)Nc2ccc(Cl)cc2)c1O. The van der Waals surface area contributed by atoms with E-state index < -0.39 is 5.91 Å². The number of methoxy groups -OCH3 is 1. The van der Waals surface area contributed by atoms with Crippen LogP contribution in [0.5, 0.6) is 11.5 Å². The average molecular weight is 455 g/mol. The van der Waals surface area contributed by atoms with Gasteiger partial charge in [-0.3, -0.25) is 4.79 Å². The molecule has 0 atom stereocenters. The summed E-state index contributed by atoms with van der Waals surface area (Å²) in [4.78, 5) is 12.2. The fourth-order valence-corrected chi connectivity index (χ4v) is 2.64. The molecule has 2 N–H and O–H groups in total. The lowest BCUT2D eigenvalue weighted by atomic mass is 10.1. The van der Waals surface area contributed by atoms with E-state index >= 15 is 0 Å². The molecule has 0 spiro atoms. The van der Waals surface area contributed by atoms with Gasteiger partial charge in [0.1, 0.15) is 11.6 Å². The van der Waals surface area contributed by atoms with Gasteiger partial charge in [-0.25, -0.2) is 0 Å². The first kappa shape index (κ1) is 18.1. The van der Waals surface area contributed by atoms with Crippen LogP contribution in [-0.2, 0) is 4.79 Å². The summed E-state index contributed by atoms with van der Waals surface area (Å²) in [5, 5.41) is 22.5. The second-order valence-corrected chi connectivity index (χ2v) is 6.36. The number of carbonyl (C=O) groups excluding carboxylic acids is 1. The Morgan fingerprint density at radius 3 is 2.62 bits per heavy atom. The van der Waals surface area contributed by atoms with Crippen molar-refractivity contribution < 1.29 is 14.6 Å². The third-order valence-corrected chi connectivity index (χ3v) is 3.93. The van der Waals surface area contributed by atoms with Crippen molar-refractivity contribution in [3.63, 3.8) is 0 Å². The van der Waals surface area contributed by atoms with Crippen LogP contribution in [-0.4, -0.2) is 18.1 Å². The zero-order valence-electron chi connectivity index (χ0n) is 12.5. The van der Waals surface area contributed by atoms with E-state index in [9.17, 15) is 15.2 Å². The minimum Gasteiger partial charge on any atom is -0.504 e. The number of phenols is 1. The Bertz CT molecular complexity index is 842. The fraction of sp³-hybridized carbons (Fsp3) is 0.0588. The Hall–Kier alpha value is -2.24. The van der Waals surface area contributed by atoms with Crippen molar-refractivity contribution in [2.45, 2.75) is 0 Å². The molecule has 0 aliphatic carbocycles. The van der Waals surface area contributed by atoms with Gasteiger partial charge >= 0.3 is 0 Å².